The average Bonchev–Trinajstić information content (AvgIpc) is 3.61. The summed E-state index contributed by atoms with van der Waals surface area (Å²) in [5.74, 6) is 0.804. The maximum atomic E-state index is 12.7. The molecule has 1 saturated heterocycles. The number of carbonyl (C=O) groups excluding carboxylic acids is 1. The summed E-state index contributed by atoms with van der Waals surface area (Å²) in [7, 11) is 0. The first-order valence-corrected chi connectivity index (χ1v) is 13.7. The molecule has 6 rings (SSSR count). The Balaban J connectivity index is 1.23. The van der Waals surface area contributed by atoms with Gasteiger partial charge in [-0.25, -0.2) is 9.78 Å². The largest absolute Gasteiger partial charge is 0.444 e. The number of nitrogen functional groups attached to an aromatic ring is 1. The van der Waals surface area contributed by atoms with E-state index in [2.05, 4.69) is 78.4 Å². The van der Waals surface area contributed by atoms with Crippen LogP contribution < -0.4 is 5.73 Å². The number of nitrogens with one attached hydrogen (secondary N) is 1. The molecule has 39 heavy (non-hydrogen) atoms. The Bertz CT molecular complexity index is 1560. The predicted molar refractivity (Wildman–Crippen MR) is 156 cm³/mol. The molecule has 0 unspecified atom stereocenters. The second-order valence-electron chi connectivity index (χ2n) is 12.3. The van der Waals surface area contributed by atoms with E-state index in [4.69, 9.17) is 10.5 Å². The Labute approximate surface area is 230 Å². The molecule has 1 aliphatic carbocycles. The van der Waals surface area contributed by atoms with Crippen molar-refractivity contribution in [1.82, 2.24) is 14.9 Å². The Kier molecular flexibility index (Phi) is 5.83. The van der Waals surface area contributed by atoms with Crippen molar-refractivity contribution < 1.29 is 9.53 Å². The van der Waals surface area contributed by atoms with E-state index in [1.807, 2.05) is 33.0 Å². The van der Waals surface area contributed by atoms with E-state index < -0.39 is 5.60 Å². The van der Waals surface area contributed by atoms with Crippen molar-refractivity contribution >= 4 is 11.8 Å². The number of carbonyl (C=O) groups is 1. The third-order valence-electron chi connectivity index (χ3n) is 8.02. The third kappa shape index (κ3) is 4.48. The number of benzene rings is 3. The molecule has 1 amide bonds. The van der Waals surface area contributed by atoms with Crippen molar-refractivity contribution in [1.29, 1.82) is 0 Å². The zero-order valence-electron chi connectivity index (χ0n) is 23.3. The number of hydrogen-bond donors (Lipinski definition) is 2. The van der Waals surface area contributed by atoms with E-state index in [0.29, 0.717) is 6.54 Å². The first-order chi connectivity index (χ1) is 18.5. The molecule has 2 aliphatic rings. The number of nitrogens with zero attached hydrogens (tertiary/aromatic N) is 2. The monoisotopic (exact) mass is 520 g/mol. The van der Waals surface area contributed by atoms with Gasteiger partial charge < -0.3 is 15.5 Å². The molecule has 0 saturated carbocycles. The van der Waals surface area contributed by atoms with Crippen LogP contribution in [0.25, 0.3) is 33.5 Å². The van der Waals surface area contributed by atoms with Gasteiger partial charge in [-0.15, -0.1) is 0 Å². The number of amides is 1. The van der Waals surface area contributed by atoms with Crippen LogP contribution in [0, 0.1) is 0 Å². The van der Waals surface area contributed by atoms with Gasteiger partial charge in [-0.05, 0) is 90.8 Å². The molecule has 0 bridgehead atoms. The summed E-state index contributed by atoms with van der Waals surface area (Å²) in [5.41, 5.74) is 15.8. The van der Waals surface area contributed by atoms with Gasteiger partial charge in [0.25, 0.3) is 0 Å². The van der Waals surface area contributed by atoms with Gasteiger partial charge in [0.15, 0.2) is 0 Å². The minimum Gasteiger partial charge on any atom is -0.444 e. The fraction of sp³-hybridized carbons (Fsp3) is 0.333. The highest BCUT2D eigenvalue weighted by molar-refractivity contribution is 5.85. The van der Waals surface area contributed by atoms with Crippen molar-refractivity contribution in [2.75, 3.05) is 12.3 Å². The molecule has 4 aromatic rings. The first-order valence-electron chi connectivity index (χ1n) is 13.7. The van der Waals surface area contributed by atoms with Crippen molar-refractivity contribution in [2.45, 2.75) is 64.5 Å². The number of ether oxygens (including phenoxy) is 1. The maximum Gasteiger partial charge on any atom is 0.410 e. The smallest absolute Gasteiger partial charge is 0.410 e. The fourth-order valence-corrected chi connectivity index (χ4v) is 6.02. The van der Waals surface area contributed by atoms with Crippen LogP contribution in [0.1, 0.15) is 70.5 Å². The molecule has 0 radical (unpaired) electrons. The highest BCUT2D eigenvalue weighted by atomic mass is 16.6. The van der Waals surface area contributed by atoms with E-state index in [9.17, 15) is 4.79 Å². The summed E-state index contributed by atoms with van der Waals surface area (Å²) < 4.78 is 5.62. The second kappa shape index (κ2) is 9.01. The molecule has 6 nitrogen and oxygen atoms in total. The highest BCUT2D eigenvalue weighted by Crippen LogP contribution is 2.50. The predicted octanol–water partition coefficient (Wildman–Crippen LogP) is 7.70. The lowest BCUT2D eigenvalue weighted by Gasteiger charge is -2.27. The quantitative estimate of drug-likeness (QED) is 0.271. The highest BCUT2D eigenvalue weighted by Gasteiger charge is 2.36. The van der Waals surface area contributed by atoms with Crippen LogP contribution in [0.5, 0.6) is 0 Å². The summed E-state index contributed by atoms with van der Waals surface area (Å²) in [6.45, 7) is 10.9. The van der Waals surface area contributed by atoms with E-state index in [0.717, 1.165) is 35.6 Å². The molecule has 1 atom stereocenters. The maximum absolute atomic E-state index is 12.7. The van der Waals surface area contributed by atoms with Crippen molar-refractivity contribution in [3.05, 3.63) is 83.8 Å². The summed E-state index contributed by atoms with van der Waals surface area (Å²) >= 11 is 0. The Morgan fingerprint density at radius 2 is 1.62 bits per heavy atom. The minimum atomic E-state index is -0.521. The molecule has 0 spiro atoms. The van der Waals surface area contributed by atoms with Gasteiger partial charge in [-0.1, -0.05) is 56.3 Å². The minimum absolute atomic E-state index is 0.0953. The molecular formula is C33H36N4O2. The van der Waals surface area contributed by atoms with Crippen molar-refractivity contribution in [3.8, 4) is 33.5 Å². The Morgan fingerprint density at radius 3 is 2.33 bits per heavy atom. The molecular weight excluding hydrogens is 484 g/mol. The van der Waals surface area contributed by atoms with Crippen LogP contribution in [-0.2, 0) is 10.2 Å². The summed E-state index contributed by atoms with van der Waals surface area (Å²) in [6, 6.07) is 21.5. The van der Waals surface area contributed by atoms with E-state index >= 15 is 0 Å². The number of rotatable bonds is 3. The lowest BCUT2D eigenvalue weighted by atomic mass is 9.81. The fourth-order valence-electron chi connectivity index (χ4n) is 6.02. The van der Waals surface area contributed by atoms with Crippen LogP contribution in [0.3, 0.4) is 0 Å². The van der Waals surface area contributed by atoms with Gasteiger partial charge in [0.2, 0.25) is 0 Å². The molecule has 1 fully saturated rings. The number of fused-ring (bicyclic) bond motifs is 3. The summed E-state index contributed by atoms with van der Waals surface area (Å²) in [5, 5.41) is 0. The van der Waals surface area contributed by atoms with Crippen molar-refractivity contribution in [3.63, 3.8) is 0 Å². The van der Waals surface area contributed by atoms with Crippen molar-refractivity contribution in [2.24, 2.45) is 0 Å². The molecule has 1 aromatic heterocycles. The van der Waals surface area contributed by atoms with Crippen LogP contribution in [-0.4, -0.2) is 33.1 Å². The normalized spacial score (nSPS) is 17.7. The van der Waals surface area contributed by atoms with Crippen LogP contribution in [0.2, 0.25) is 0 Å². The molecule has 3 aromatic carbocycles. The average molecular weight is 521 g/mol. The second-order valence-corrected chi connectivity index (χ2v) is 12.3. The molecule has 200 valence electrons. The standard InChI is InChI=1S/C33H36N4O2/c1-32(2,3)39-31(38)37-16-6-7-29(37)30-35-19-28(36-30)21-10-8-20(9-11-21)22-12-14-24-25-15-13-23(34)18-27(25)33(4,5)26(24)17-22/h8-15,17-19,29H,6-7,16,34H2,1-5H3,(H,35,36)/t29-/m0/s1. The summed E-state index contributed by atoms with van der Waals surface area (Å²) in [4.78, 5) is 22.6. The number of nitrogens with two attached hydrogens (primary N) is 1. The number of aromatic nitrogens is 2. The zero-order chi connectivity index (χ0) is 27.5. The Hall–Kier alpha value is -4.06. The van der Waals surface area contributed by atoms with Gasteiger partial charge in [-0.3, -0.25) is 4.90 Å². The first kappa shape index (κ1) is 25.2. The van der Waals surface area contributed by atoms with Gasteiger partial charge >= 0.3 is 6.09 Å². The lowest BCUT2D eigenvalue weighted by Crippen LogP contribution is -2.36. The number of aromatic amines is 1. The number of hydrogen-bond acceptors (Lipinski definition) is 4. The van der Waals surface area contributed by atoms with E-state index in [-0.39, 0.29) is 17.6 Å². The van der Waals surface area contributed by atoms with Gasteiger partial charge in [-0.2, -0.15) is 0 Å². The Morgan fingerprint density at radius 1 is 0.974 bits per heavy atom. The summed E-state index contributed by atoms with van der Waals surface area (Å²) in [6.07, 6.45) is 3.38. The van der Waals surface area contributed by atoms with E-state index in [1.165, 1.54) is 33.4 Å². The number of anilines is 1. The SMILES string of the molecule is CC(C)(C)OC(=O)N1CCC[C@H]1c1ncc(-c2ccc(-c3ccc4c(c3)C(C)(C)c3cc(N)ccc3-4)cc2)[nH]1. The topological polar surface area (TPSA) is 84.2 Å². The molecule has 2 heterocycles. The van der Waals surface area contributed by atoms with Gasteiger partial charge in [0, 0.05) is 17.6 Å². The lowest BCUT2D eigenvalue weighted by molar-refractivity contribution is 0.0218. The van der Waals surface area contributed by atoms with Crippen LogP contribution in [0.15, 0.2) is 66.9 Å². The number of H-pyrrole nitrogens is 1. The zero-order valence-corrected chi connectivity index (χ0v) is 23.3. The van der Waals surface area contributed by atoms with Gasteiger partial charge in [0.1, 0.15) is 11.4 Å². The number of imidazole rings is 1. The van der Waals surface area contributed by atoms with Crippen LogP contribution in [0.4, 0.5) is 10.5 Å². The van der Waals surface area contributed by atoms with Crippen LogP contribution >= 0.6 is 0 Å². The van der Waals surface area contributed by atoms with Gasteiger partial charge in [0.05, 0.1) is 17.9 Å². The number of likely N-dealkylation sites (tertiary alicyclic amines) is 1. The molecule has 3 N–H and O–H groups in total. The molecule has 6 heteroatoms. The molecule has 1 aliphatic heterocycles. The van der Waals surface area contributed by atoms with E-state index in [1.54, 1.807) is 4.90 Å². The third-order valence-corrected chi connectivity index (χ3v) is 8.02.